The van der Waals surface area contributed by atoms with Crippen molar-refractivity contribution in [2.45, 2.75) is 19.4 Å². The van der Waals surface area contributed by atoms with Crippen LogP contribution in [0, 0.1) is 0 Å². The van der Waals surface area contributed by atoms with E-state index in [0.29, 0.717) is 0 Å². The highest BCUT2D eigenvalue weighted by molar-refractivity contribution is 5.11. The highest BCUT2D eigenvalue weighted by atomic mass is 16.3. The standard InChI is InChI=1S/C7H11NO/c1-2-7(9)6-3-4-8-5-6/h3-5,7-9H,2H2,1H3. The highest BCUT2D eigenvalue weighted by Crippen LogP contribution is 2.13. The second-order valence-corrected chi connectivity index (χ2v) is 2.07. The van der Waals surface area contributed by atoms with Crippen LogP contribution >= 0.6 is 0 Å². The van der Waals surface area contributed by atoms with Gasteiger partial charge >= 0.3 is 0 Å². The summed E-state index contributed by atoms with van der Waals surface area (Å²) in [6.45, 7) is 1.96. The predicted octanol–water partition coefficient (Wildman–Crippen LogP) is 1.46. The van der Waals surface area contributed by atoms with E-state index in [2.05, 4.69) is 4.98 Å². The zero-order chi connectivity index (χ0) is 6.69. The maximum absolute atomic E-state index is 9.20. The molecule has 0 fully saturated rings. The van der Waals surface area contributed by atoms with Crippen LogP contribution in [0.4, 0.5) is 0 Å². The van der Waals surface area contributed by atoms with E-state index >= 15 is 0 Å². The van der Waals surface area contributed by atoms with Crippen LogP contribution in [0.15, 0.2) is 18.5 Å². The molecule has 0 radical (unpaired) electrons. The van der Waals surface area contributed by atoms with Gasteiger partial charge in [0, 0.05) is 12.4 Å². The van der Waals surface area contributed by atoms with Crippen molar-refractivity contribution in [2.75, 3.05) is 0 Å². The van der Waals surface area contributed by atoms with E-state index in [1.165, 1.54) is 0 Å². The summed E-state index contributed by atoms with van der Waals surface area (Å²) in [5.74, 6) is 0. The second-order valence-electron chi connectivity index (χ2n) is 2.07. The van der Waals surface area contributed by atoms with Crippen LogP contribution in [0.2, 0.25) is 0 Å². The van der Waals surface area contributed by atoms with Gasteiger partial charge in [-0.15, -0.1) is 0 Å². The zero-order valence-corrected chi connectivity index (χ0v) is 5.46. The van der Waals surface area contributed by atoms with Crippen molar-refractivity contribution in [3.8, 4) is 0 Å². The number of aromatic amines is 1. The third-order valence-electron chi connectivity index (χ3n) is 1.39. The zero-order valence-electron chi connectivity index (χ0n) is 5.46. The van der Waals surface area contributed by atoms with Gasteiger partial charge in [0.25, 0.3) is 0 Å². The first-order chi connectivity index (χ1) is 4.34. The van der Waals surface area contributed by atoms with E-state index in [1.807, 2.05) is 25.4 Å². The second kappa shape index (κ2) is 2.69. The van der Waals surface area contributed by atoms with Crippen molar-refractivity contribution in [1.82, 2.24) is 4.98 Å². The van der Waals surface area contributed by atoms with Gasteiger partial charge in [-0.2, -0.15) is 0 Å². The van der Waals surface area contributed by atoms with Gasteiger partial charge in [-0.3, -0.25) is 0 Å². The molecule has 1 unspecified atom stereocenters. The van der Waals surface area contributed by atoms with Crippen LogP contribution in [0.25, 0.3) is 0 Å². The number of aromatic nitrogens is 1. The van der Waals surface area contributed by atoms with E-state index in [9.17, 15) is 5.11 Å². The Morgan fingerprint density at radius 1 is 1.78 bits per heavy atom. The fourth-order valence-corrected chi connectivity index (χ4v) is 0.780. The molecule has 0 aliphatic carbocycles. The molecule has 2 nitrogen and oxygen atoms in total. The molecule has 0 amide bonds. The molecule has 50 valence electrons. The molecular formula is C7H11NO. The SMILES string of the molecule is CCC(O)c1cc[nH]c1. The van der Waals surface area contributed by atoms with Gasteiger partial charge in [0.05, 0.1) is 6.10 Å². The van der Waals surface area contributed by atoms with E-state index in [0.717, 1.165) is 12.0 Å². The molecule has 0 saturated heterocycles. The van der Waals surface area contributed by atoms with E-state index in [4.69, 9.17) is 0 Å². The molecule has 1 aromatic rings. The number of nitrogens with one attached hydrogen (secondary N) is 1. The molecular weight excluding hydrogens is 114 g/mol. The minimum atomic E-state index is -0.295. The monoisotopic (exact) mass is 125 g/mol. The number of rotatable bonds is 2. The van der Waals surface area contributed by atoms with Crippen LogP contribution in [-0.4, -0.2) is 10.1 Å². The summed E-state index contributed by atoms with van der Waals surface area (Å²) in [5, 5.41) is 9.20. The lowest BCUT2D eigenvalue weighted by atomic mass is 10.1. The van der Waals surface area contributed by atoms with E-state index in [-0.39, 0.29) is 6.10 Å². The molecule has 0 spiro atoms. The Balaban J connectivity index is 2.65. The fraction of sp³-hybridized carbons (Fsp3) is 0.429. The lowest BCUT2D eigenvalue weighted by molar-refractivity contribution is 0.174. The molecule has 0 aromatic carbocycles. The van der Waals surface area contributed by atoms with Gasteiger partial charge in [0.2, 0.25) is 0 Å². The molecule has 1 atom stereocenters. The minimum absolute atomic E-state index is 0.295. The van der Waals surface area contributed by atoms with Crippen LogP contribution < -0.4 is 0 Å². The maximum atomic E-state index is 9.20. The van der Waals surface area contributed by atoms with Gasteiger partial charge in [-0.05, 0) is 18.1 Å². The van der Waals surface area contributed by atoms with Crippen LogP contribution in [0.1, 0.15) is 25.0 Å². The Morgan fingerprint density at radius 3 is 3.00 bits per heavy atom. The summed E-state index contributed by atoms with van der Waals surface area (Å²) >= 11 is 0. The maximum Gasteiger partial charge on any atom is 0.0802 e. The predicted molar refractivity (Wildman–Crippen MR) is 36.0 cm³/mol. The molecule has 1 rings (SSSR count). The topological polar surface area (TPSA) is 36.0 Å². The molecule has 2 heteroatoms. The molecule has 0 saturated carbocycles. The number of hydrogen-bond acceptors (Lipinski definition) is 1. The summed E-state index contributed by atoms with van der Waals surface area (Å²) in [6, 6.07) is 1.88. The first-order valence-electron chi connectivity index (χ1n) is 3.15. The van der Waals surface area contributed by atoms with Gasteiger partial charge in [0.15, 0.2) is 0 Å². The Morgan fingerprint density at radius 2 is 2.56 bits per heavy atom. The summed E-state index contributed by atoms with van der Waals surface area (Å²) < 4.78 is 0. The number of aliphatic hydroxyl groups is 1. The molecule has 0 aliphatic heterocycles. The third kappa shape index (κ3) is 1.33. The first-order valence-corrected chi connectivity index (χ1v) is 3.15. The Kier molecular flexibility index (Phi) is 1.90. The van der Waals surface area contributed by atoms with Gasteiger partial charge < -0.3 is 10.1 Å². The van der Waals surface area contributed by atoms with E-state index in [1.54, 1.807) is 0 Å². The van der Waals surface area contributed by atoms with Gasteiger partial charge in [-0.25, -0.2) is 0 Å². The van der Waals surface area contributed by atoms with Crippen molar-refractivity contribution in [2.24, 2.45) is 0 Å². The van der Waals surface area contributed by atoms with Crippen LogP contribution in [-0.2, 0) is 0 Å². The summed E-state index contributed by atoms with van der Waals surface area (Å²) in [6.07, 6.45) is 4.11. The summed E-state index contributed by atoms with van der Waals surface area (Å²) in [7, 11) is 0. The lowest BCUT2D eigenvalue weighted by Gasteiger charge is -2.01. The minimum Gasteiger partial charge on any atom is -0.388 e. The quantitative estimate of drug-likeness (QED) is 0.616. The molecule has 1 heterocycles. The van der Waals surface area contributed by atoms with Crippen LogP contribution in [0.5, 0.6) is 0 Å². The molecule has 2 N–H and O–H groups in total. The molecule has 1 aromatic heterocycles. The summed E-state index contributed by atoms with van der Waals surface area (Å²) in [4.78, 5) is 2.88. The number of aliphatic hydroxyl groups excluding tert-OH is 1. The molecule has 0 bridgehead atoms. The van der Waals surface area contributed by atoms with Crippen molar-refractivity contribution in [3.63, 3.8) is 0 Å². The Hall–Kier alpha value is -0.760. The smallest absolute Gasteiger partial charge is 0.0802 e. The normalized spacial score (nSPS) is 13.6. The third-order valence-corrected chi connectivity index (χ3v) is 1.39. The molecule has 0 aliphatic rings. The fourth-order valence-electron chi connectivity index (χ4n) is 0.780. The lowest BCUT2D eigenvalue weighted by Crippen LogP contribution is -1.91. The van der Waals surface area contributed by atoms with Crippen LogP contribution in [0.3, 0.4) is 0 Å². The number of H-pyrrole nitrogens is 1. The average Bonchev–Trinajstić information content (AvgIpc) is 2.37. The van der Waals surface area contributed by atoms with Gasteiger partial charge in [0.1, 0.15) is 0 Å². The van der Waals surface area contributed by atoms with Crippen molar-refractivity contribution >= 4 is 0 Å². The Bertz CT molecular complexity index is 157. The Labute approximate surface area is 54.5 Å². The van der Waals surface area contributed by atoms with Crippen molar-refractivity contribution in [1.29, 1.82) is 0 Å². The van der Waals surface area contributed by atoms with Crippen molar-refractivity contribution < 1.29 is 5.11 Å². The molecule has 9 heavy (non-hydrogen) atoms. The van der Waals surface area contributed by atoms with E-state index < -0.39 is 0 Å². The largest absolute Gasteiger partial charge is 0.388 e. The number of hydrogen-bond donors (Lipinski definition) is 2. The van der Waals surface area contributed by atoms with Crippen molar-refractivity contribution in [3.05, 3.63) is 24.0 Å². The highest BCUT2D eigenvalue weighted by Gasteiger charge is 2.02. The van der Waals surface area contributed by atoms with Gasteiger partial charge in [-0.1, -0.05) is 6.92 Å². The summed E-state index contributed by atoms with van der Waals surface area (Å²) in [5.41, 5.74) is 0.970. The first kappa shape index (κ1) is 6.36. The average molecular weight is 125 g/mol.